The van der Waals surface area contributed by atoms with Gasteiger partial charge in [-0.1, -0.05) is 12.1 Å². The van der Waals surface area contributed by atoms with Gasteiger partial charge in [0.2, 0.25) is 11.0 Å². The van der Waals surface area contributed by atoms with Gasteiger partial charge in [-0.25, -0.2) is 4.98 Å². The number of furan rings is 1. The van der Waals surface area contributed by atoms with Crippen molar-refractivity contribution in [2.24, 2.45) is 5.10 Å². The van der Waals surface area contributed by atoms with Crippen LogP contribution in [0.1, 0.15) is 12.7 Å². The van der Waals surface area contributed by atoms with Crippen LogP contribution in [0.15, 0.2) is 57.6 Å². The lowest BCUT2D eigenvalue weighted by Gasteiger charge is -2.02. The maximum Gasteiger partial charge on any atom is 0.221 e. The molecule has 0 saturated carbocycles. The van der Waals surface area contributed by atoms with Gasteiger partial charge in [0.1, 0.15) is 5.76 Å². The highest BCUT2D eigenvalue weighted by Crippen LogP contribution is 2.26. The van der Waals surface area contributed by atoms with Crippen LogP contribution in [0.5, 0.6) is 0 Å². The number of hydrogen-bond donors (Lipinski definition) is 2. The van der Waals surface area contributed by atoms with Crippen molar-refractivity contribution < 1.29 is 9.21 Å². The topological polar surface area (TPSA) is 79.5 Å². The third kappa shape index (κ3) is 4.04. The number of nitrogens with one attached hydrogen (secondary N) is 2. The molecule has 6 nitrogen and oxygen atoms in total. The van der Waals surface area contributed by atoms with Crippen LogP contribution in [0.3, 0.4) is 0 Å². The molecule has 2 heterocycles. The number of carbonyl (C=O) groups excluding carboxylic acids is 1. The number of nitrogens with zero attached hydrogens (tertiary/aromatic N) is 2. The number of anilines is 2. The van der Waals surface area contributed by atoms with Crippen LogP contribution >= 0.6 is 11.3 Å². The molecule has 23 heavy (non-hydrogen) atoms. The van der Waals surface area contributed by atoms with Crippen molar-refractivity contribution in [2.75, 3.05) is 10.7 Å². The average Bonchev–Trinajstić information content (AvgIpc) is 3.19. The predicted octanol–water partition coefficient (Wildman–Crippen LogP) is 3.81. The summed E-state index contributed by atoms with van der Waals surface area (Å²) in [6, 6.07) is 11.1. The van der Waals surface area contributed by atoms with E-state index in [1.165, 1.54) is 18.3 Å². The molecule has 2 N–H and O–H groups in total. The summed E-state index contributed by atoms with van der Waals surface area (Å²) >= 11 is 1.46. The first-order chi connectivity index (χ1) is 11.2. The van der Waals surface area contributed by atoms with E-state index in [1.54, 1.807) is 18.5 Å². The second kappa shape index (κ2) is 6.89. The van der Waals surface area contributed by atoms with Crippen LogP contribution in [-0.2, 0) is 4.79 Å². The molecule has 0 saturated heterocycles. The molecule has 0 aliphatic rings. The maximum atomic E-state index is 11.0. The van der Waals surface area contributed by atoms with E-state index in [4.69, 9.17) is 4.42 Å². The van der Waals surface area contributed by atoms with E-state index in [0.717, 1.165) is 16.9 Å². The highest BCUT2D eigenvalue weighted by molar-refractivity contribution is 7.14. The Hall–Kier alpha value is -2.93. The molecule has 1 amide bonds. The first-order valence-corrected chi connectivity index (χ1v) is 7.75. The van der Waals surface area contributed by atoms with Gasteiger partial charge in [0.15, 0.2) is 0 Å². The minimum absolute atomic E-state index is 0.0905. The molecule has 3 rings (SSSR count). The van der Waals surface area contributed by atoms with Gasteiger partial charge >= 0.3 is 0 Å². The lowest BCUT2D eigenvalue weighted by atomic mass is 10.1. The molecule has 0 fully saturated rings. The quantitative estimate of drug-likeness (QED) is 0.552. The van der Waals surface area contributed by atoms with Crippen molar-refractivity contribution in [2.45, 2.75) is 6.92 Å². The SMILES string of the molecule is CC(=O)Nc1ccc(-c2csc(NN=Cc3ccco3)n2)cc1. The van der Waals surface area contributed by atoms with Crippen molar-refractivity contribution in [3.05, 3.63) is 53.8 Å². The lowest BCUT2D eigenvalue weighted by Crippen LogP contribution is -2.05. The molecular formula is C16H14N4O2S. The van der Waals surface area contributed by atoms with Crippen LogP contribution in [0.4, 0.5) is 10.8 Å². The van der Waals surface area contributed by atoms with E-state index in [1.807, 2.05) is 35.7 Å². The van der Waals surface area contributed by atoms with Gasteiger partial charge in [0.25, 0.3) is 0 Å². The summed E-state index contributed by atoms with van der Waals surface area (Å²) in [5.41, 5.74) is 5.45. The third-order valence-electron chi connectivity index (χ3n) is 2.90. The van der Waals surface area contributed by atoms with Crippen LogP contribution < -0.4 is 10.7 Å². The molecule has 116 valence electrons. The zero-order valence-corrected chi connectivity index (χ0v) is 13.1. The van der Waals surface area contributed by atoms with Crippen LogP contribution in [0.2, 0.25) is 0 Å². The number of hydrazone groups is 1. The van der Waals surface area contributed by atoms with Crippen molar-refractivity contribution in [1.29, 1.82) is 0 Å². The Morgan fingerprint density at radius 1 is 1.30 bits per heavy atom. The molecule has 1 aromatic carbocycles. The molecule has 0 atom stereocenters. The van der Waals surface area contributed by atoms with Crippen molar-refractivity contribution in [3.63, 3.8) is 0 Å². The normalized spacial score (nSPS) is 10.8. The highest BCUT2D eigenvalue weighted by atomic mass is 32.1. The van der Waals surface area contributed by atoms with Crippen molar-refractivity contribution in [1.82, 2.24) is 4.98 Å². The first-order valence-electron chi connectivity index (χ1n) is 6.87. The van der Waals surface area contributed by atoms with E-state index in [0.29, 0.717) is 10.9 Å². The Morgan fingerprint density at radius 2 is 2.13 bits per heavy atom. The van der Waals surface area contributed by atoms with Gasteiger partial charge < -0.3 is 9.73 Å². The summed E-state index contributed by atoms with van der Waals surface area (Å²) in [7, 11) is 0. The van der Waals surface area contributed by atoms with E-state index in [9.17, 15) is 4.79 Å². The minimum atomic E-state index is -0.0905. The number of thiazole rings is 1. The predicted molar refractivity (Wildman–Crippen MR) is 91.8 cm³/mol. The van der Waals surface area contributed by atoms with Gasteiger partial charge in [-0.3, -0.25) is 10.2 Å². The fourth-order valence-electron chi connectivity index (χ4n) is 1.90. The lowest BCUT2D eigenvalue weighted by molar-refractivity contribution is -0.114. The van der Waals surface area contributed by atoms with Gasteiger partial charge in [-0.15, -0.1) is 11.3 Å². The smallest absolute Gasteiger partial charge is 0.221 e. The van der Waals surface area contributed by atoms with E-state index in [-0.39, 0.29) is 5.91 Å². The first kappa shape index (κ1) is 15.0. The van der Waals surface area contributed by atoms with Crippen LogP contribution in [0.25, 0.3) is 11.3 Å². The second-order valence-electron chi connectivity index (χ2n) is 4.68. The molecule has 0 unspecified atom stereocenters. The Balaban J connectivity index is 1.65. The summed E-state index contributed by atoms with van der Waals surface area (Å²) < 4.78 is 5.15. The number of benzene rings is 1. The molecule has 0 radical (unpaired) electrons. The molecule has 0 bridgehead atoms. The summed E-state index contributed by atoms with van der Waals surface area (Å²) in [4.78, 5) is 15.5. The molecule has 2 aromatic heterocycles. The summed E-state index contributed by atoms with van der Waals surface area (Å²) in [6.45, 7) is 1.48. The zero-order chi connectivity index (χ0) is 16.1. The van der Waals surface area contributed by atoms with E-state index < -0.39 is 0 Å². The molecule has 7 heteroatoms. The minimum Gasteiger partial charge on any atom is -0.463 e. The number of hydrogen-bond acceptors (Lipinski definition) is 6. The summed E-state index contributed by atoms with van der Waals surface area (Å²) in [6.07, 6.45) is 3.18. The number of carbonyl (C=O) groups is 1. The fraction of sp³-hybridized carbons (Fsp3) is 0.0625. The van der Waals surface area contributed by atoms with Crippen LogP contribution in [0, 0.1) is 0 Å². The Bertz CT molecular complexity index is 807. The largest absolute Gasteiger partial charge is 0.463 e. The Kier molecular flexibility index (Phi) is 4.49. The average molecular weight is 326 g/mol. The van der Waals surface area contributed by atoms with Crippen molar-refractivity contribution in [3.8, 4) is 11.3 Å². The highest BCUT2D eigenvalue weighted by Gasteiger charge is 2.04. The van der Waals surface area contributed by atoms with E-state index in [2.05, 4.69) is 20.8 Å². The van der Waals surface area contributed by atoms with Gasteiger partial charge in [0.05, 0.1) is 18.2 Å². The van der Waals surface area contributed by atoms with Gasteiger partial charge in [0, 0.05) is 23.6 Å². The molecule has 3 aromatic rings. The molecule has 0 spiro atoms. The standard InChI is InChI=1S/C16H14N4O2S/c1-11(21)18-13-6-4-12(5-7-13)15-10-23-16(19-15)20-17-9-14-3-2-8-22-14/h2-10H,1H3,(H,18,21)(H,19,20). The number of rotatable bonds is 5. The summed E-state index contributed by atoms with van der Waals surface area (Å²) in [5, 5.41) is 9.43. The summed E-state index contributed by atoms with van der Waals surface area (Å²) in [5.74, 6) is 0.579. The number of amides is 1. The Morgan fingerprint density at radius 3 is 2.83 bits per heavy atom. The molecule has 0 aliphatic heterocycles. The second-order valence-corrected chi connectivity index (χ2v) is 5.54. The van der Waals surface area contributed by atoms with E-state index >= 15 is 0 Å². The third-order valence-corrected chi connectivity index (χ3v) is 3.65. The van der Waals surface area contributed by atoms with Crippen molar-refractivity contribution >= 4 is 34.3 Å². The maximum absolute atomic E-state index is 11.0. The molecule has 0 aliphatic carbocycles. The van der Waals surface area contributed by atoms with Crippen LogP contribution in [-0.4, -0.2) is 17.1 Å². The molecular weight excluding hydrogens is 312 g/mol. The zero-order valence-electron chi connectivity index (χ0n) is 12.3. The Labute approximate surface area is 136 Å². The van der Waals surface area contributed by atoms with Gasteiger partial charge in [-0.2, -0.15) is 5.10 Å². The number of aromatic nitrogens is 1. The fourth-order valence-corrected chi connectivity index (χ4v) is 2.57. The monoisotopic (exact) mass is 326 g/mol. The van der Waals surface area contributed by atoms with Gasteiger partial charge in [-0.05, 0) is 24.3 Å².